The first-order valence-corrected chi connectivity index (χ1v) is 17.0. The first-order chi connectivity index (χ1) is 20.6. The molecule has 42 heavy (non-hydrogen) atoms. The summed E-state index contributed by atoms with van der Waals surface area (Å²) in [6.07, 6.45) is 23.3. The van der Waals surface area contributed by atoms with Crippen LogP contribution in [0.25, 0.3) is 21.5 Å². The highest BCUT2D eigenvalue weighted by Gasteiger charge is 2.20. The van der Waals surface area contributed by atoms with Gasteiger partial charge in [-0.2, -0.15) is 0 Å². The van der Waals surface area contributed by atoms with Crippen LogP contribution in [0.4, 0.5) is 0 Å². The number of hydrogen-bond donors (Lipinski definition) is 0. The Morgan fingerprint density at radius 2 is 0.905 bits per heavy atom. The number of rotatable bonds is 21. The van der Waals surface area contributed by atoms with E-state index in [-0.39, 0.29) is 11.9 Å². The van der Waals surface area contributed by atoms with Gasteiger partial charge >= 0.3 is 11.9 Å². The molecule has 0 amide bonds. The number of ether oxygens (including phenoxy) is 2. The number of unbranched alkanes of at least 4 members (excludes halogenated alkanes) is 15. The van der Waals surface area contributed by atoms with E-state index >= 15 is 0 Å². The molecule has 0 saturated carbocycles. The van der Waals surface area contributed by atoms with Crippen LogP contribution >= 0.6 is 0 Å². The van der Waals surface area contributed by atoms with Crippen molar-refractivity contribution in [1.29, 1.82) is 0 Å². The highest BCUT2D eigenvalue weighted by molar-refractivity contribution is 6.12. The maximum Gasteiger partial charge on any atom is 0.310 e. The van der Waals surface area contributed by atoms with Crippen LogP contribution in [-0.2, 0) is 16.0 Å². The van der Waals surface area contributed by atoms with E-state index in [1.807, 2.05) is 30.3 Å². The summed E-state index contributed by atoms with van der Waals surface area (Å²) in [7, 11) is 0. The van der Waals surface area contributed by atoms with E-state index in [1.165, 1.54) is 102 Å². The summed E-state index contributed by atoms with van der Waals surface area (Å²) < 4.78 is 11.7. The van der Waals surface area contributed by atoms with Crippen LogP contribution in [0.15, 0.2) is 42.5 Å². The van der Waals surface area contributed by atoms with Gasteiger partial charge in [0.15, 0.2) is 0 Å². The van der Waals surface area contributed by atoms with Crippen molar-refractivity contribution in [2.24, 2.45) is 0 Å². The number of aryl methyl sites for hydroxylation is 1. The van der Waals surface area contributed by atoms with E-state index < -0.39 is 0 Å². The summed E-state index contributed by atoms with van der Waals surface area (Å²) in [6, 6.07) is 13.9. The average molecular weight is 575 g/mol. The third-order valence-electron chi connectivity index (χ3n) is 8.32. The second-order valence-electron chi connectivity index (χ2n) is 11.8. The largest absolute Gasteiger partial charge is 0.425 e. The summed E-state index contributed by atoms with van der Waals surface area (Å²) in [6.45, 7) is 5.87. The standard InChI is InChI=1S/C38H54O4/c1-4-7-8-9-10-11-12-13-14-15-16-17-18-19-20-21-24-30-27-28-33-34(29-30)38(42-36(40)6-3)32-26-23-22-25-31(32)37(33)41-35(39)5-2/h22-23,25-29H,4-21,24H2,1-3H3. The molecule has 0 N–H and O–H groups in total. The molecule has 4 heteroatoms. The second-order valence-corrected chi connectivity index (χ2v) is 11.8. The topological polar surface area (TPSA) is 52.6 Å². The quantitative estimate of drug-likeness (QED) is 0.0549. The maximum absolute atomic E-state index is 12.4. The molecule has 0 aliphatic rings. The van der Waals surface area contributed by atoms with Gasteiger partial charge in [-0.25, -0.2) is 0 Å². The van der Waals surface area contributed by atoms with Crippen LogP contribution in [0.3, 0.4) is 0 Å². The monoisotopic (exact) mass is 574 g/mol. The van der Waals surface area contributed by atoms with Crippen molar-refractivity contribution in [1.82, 2.24) is 0 Å². The zero-order valence-corrected chi connectivity index (χ0v) is 26.6. The number of carbonyl (C=O) groups is 2. The molecule has 0 aromatic heterocycles. The van der Waals surface area contributed by atoms with Crippen molar-refractivity contribution in [3.63, 3.8) is 0 Å². The van der Waals surface area contributed by atoms with Gasteiger partial charge in [0.1, 0.15) is 11.5 Å². The minimum Gasteiger partial charge on any atom is -0.425 e. The lowest BCUT2D eigenvalue weighted by molar-refractivity contribution is -0.134. The van der Waals surface area contributed by atoms with Gasteiger partial charge in [0.25, 0.3) is 0 Å². The predicted molar refractivity (Wildman–Crippen MR) is 177 cm³/mol. The van der Waals surface area contributed by atoms with E-state index in [1.54, 1.807) is 13.8 Å². The molecular weight excluding hydrogens is 520 g/mol. The molecule has 0 saturated heterocycles. The van der Waals surface area contributed by atoms with Gasteiger partial charge in [-0.3, -0.25) is 9.59 Å². The second kappa shape index (κ2) is 19.3. The maximum atomic E-state index is 12.4. The molecule has 0 radical (unpaired) electrons. The van der Waals surface area contributed by atoms with E-state index in [0.29, 0.717) is 24.3 Å². The zero-order valence-electron chi connectivity index (χ0n) is 26.6. The first-order valence-electron chi connectivity index (χ1n) is 17.0. The molecule has 0 heterocycles. The third kappa shape index (κ3) is 10.7. The Kier molecular flexibility index (Phi) is 15.5. The summed E-state index contributed by atoms with van der Waals surface area (Å²) in [5, 5.41) is 3.18. The van der Waals surface area contributed by atoms with Crippen LogP contribution < -0.4 is 9.47 Å². The predicted octanol–water partition coefficient (Wildman–Crippen LogP) is 11.4. The number of hydrogen-bond acceptors (Lipinski definition) is 4. The zero-order chi connectivity index (χ0) is 30.0. The molecule has 0 aliphatic heterocycles. The van der Waals surface area contributed by atoms with Crippen molar-refractivity contribution in [2.45, 2.75) is 143 Å². The lowest BCUT2D eigenvalue weighted by atomic mass is 9.96. The van der Waals surface area contributed by atoms with Crippen LogP contribution in [-0.4, -0.2) is 11.9 Å². The van der Waals surface area contributed by atoms with E-state index in [4.69, 9.17) is 9.47 Å². The minimum absolute atomic E-state index is 0.275. The van der Waals surface area contributed by atoms with Crippen molar-refractivity contribution in [2.75, 3.05) is 0 Å². The minimum atomic E-state index is -0.281. The Hall–Kier alpha value is -2.88. The Labute approximate surface area is 254 Å². The van der Waals surface area contributed by atoms with Crippen LogP contribution in [0.5, 0.6) is 11.5 Å². The molecule has 0 aliphatic carbocycles. The van der Waals surface area contributed by atoms with Gasteiger partial charge in [-0.15, -0.1) is 0 Å². The molecular formula is C38H54O4. The lowest BCUT2D eigenvalue weighted by Gasteiger charge is -2.17. The van der Waals surface area contributed by atoms with E-state index in [9.17, 15) is 9.59 Å². The summed E-state index contributed by atoms with van der Waals surface area (Å²) in [4.78, 5) is 24.7. The summed E-state index contributed by atoms with van der Waals surface area (Å²) in [5.74, 6) is 0.537. The van der Waals surface area contributed by atoms with Gasteiger partial charge in [0.2, 0.25) is 0 Å². The van der Waals surface area contributed by atoms with Crippen LogP contribution in [0.1, 0.15) is 142 Å². The smallest absolute Gasteiger partial charge is 0.310 e. The van der Waals surface area contributed by atoms with Crippen molar-refractivity contribution >= 4 is 33.5 Å². The Bertz CT molecular complexity index is 1240. The fourth-order valence-electron chi connectivity index (χ4n) is 5.77. The SMILES string of the molecule is CCCCCCCCCCCCCCCCCCc1ccc2c(OC(=O)CC)c3ccccc3c(OC(=O)CC)c2c1. The Morgan fingerprint density at radius 1 is 0.500 bits per heavy atom. The fraction of sp³-hybridized carbons (Fsp3) is 0.579. The van der Waals surface area contributed by atoms with Crippen molar-refractivity contribution < 1.29 is 19.1 Å². The number of fused-ring (bicyclic) bond motifs is 2. The van der Waals surface area contributed by atoms with E-state index in [0.717, 1.165) is 34.4 Å². The fourth-order valence-corrected chi connectivity index (χ4v) is 5.77. The summed E-state index contributed by atoms with van der Waals surface area (Å²) in [5.41, 5.74) is 1.21. The number of esters is 2. The van der Waals surface area contributed by atoms with Gasteiger partial charge in [-0.1, -0.05) is 153 Å². The third-order valence-corrected chi connectivity index (χ3v) is 8.32. The van der Waals surface area contributed by atoms with Crippen LogP contribution in [0.2, 0.25) is 0 Å². The van der Waals surface area contributed by atoms with Gasteiger partial charge < -0.3 is 9.47 Å². The van der Waals surface area contributed by atoms with Crippen molar-refractivity contribution in [3.8, 4) is 11.5 Å². The summed E-state index contributed by atoms with van der Waals surface area (Å²) >= 11 is 0. The first kappa shape index (κ1) is 33.6. The molecule has 0 bridgehead atoms. The Morgan fingerprint density at radius 3 is 1.36 bits per heavy atom. The molecule has 0 atom stereocenters. The highest BCUT2D eigenvalue weighted by atomic mass is 16.5. The van der Waals surface area contributed by atoms with Crippen LogP contribution in [0, 0.1) is 0 Å². The van der Waals surface area contributed by atoms with Crippen molar-refractivity contribution in [3.05, 3.63) is 48.0 Å². The van der Waals surface area contributed by atoms with Gasteiger partial charge in [0, 0.05) is 34.4 Å². The Balaban J connectivity index is 1.50. The normalized spacial score (nSPS) is 11.3. The van der Waals surface area contributed by atoms with Gasteiger partial charge in [-0.05, 0) is 24.5 Å². The van der Waals surface area contributed by atoms with E-state index in [2.05, 4.69) is 19.1 Å². The number of carbonyl (C=O) groups excluding carboxylic acids is 2. The molecule has 3 aromatic rings. The molecule has 3 rings (SSSR count). The lowest BCUT2D eigenvalue weighted by Crippen LogP contribution is -2.09. The molecule has 4 nitrogen and oxygen atoms in total. The highest BCUT2D eigenvalue weighted by Crippen LogP contribution is 2.43. The average Bonchev–Trinajstić information content (AvgIpc) is 3.02. The molecule has 230 valence electrons. The molecule has 0 unspecified atom stereocenters. The van der Waals surface area contributed by atoms with Gasteiger partial charge in [0.05, 0.1) is 0 Å². The molecule has 3 aromatic carbocycles. The molecule has 0 fully saturated rings. The number of benzene rings is 3. The molecule has 0 spiro atoms.